The minimum Gasteiger partial charge on any atom is -0.459 e. The lowest BCUT2D eigenvalue weighted by Gasteiger charge is -2.22. The first-order valence-electron chi connectivity index (χ1n) is 6.79. The third kappa shape index (κ3) is 3.03. The van der Waals surface area contributed by atoms with Crippen LogP contribution < -0.4 is 4.90 Å². The molecule has 3 heteroatoms. The second-order valence-corrected chi connectivity index (χ2v) is 4.69. The van der Waals surface area contributed by atoms with Crippen LogP contribution in [-0.4, -0.2) is 5.91 Å². The van der Waals surface area contributed by atoms with Crippen molar-refractivity contribution in [1.29, 1.82) is 0 Å². The average molecular weight is 277 g/mol. The van der Waals surface area contributed by atoms with Crippen LogP contribution in [0.15, 0.2) is 83.5 Å². The van der Waals surface area contributed by atoms with Gasteiger partial charge in [-0.25, -0.2) is 0 Å². The number of anilines is 1. The Hall–Kier alpha value is -2.81. The Labute approximate surface area is 123 Å². The highest BCUT2D eigenvalue weighted by atomic mass is 16.3. The summed E-state index contributed by atoms with van der Waals surface area (Å²) in [6, 6.07) is 22.9. The van der Waals surface area contributed by atoms with Crippen molar-refractivity contribution in [3.05, 3.63) is 90.4 Å². The summed E-state index contributed by atoms with van der Waals surface area (Å²) in [4.78, 5) is 14.4. The molecule has 0 unspecified atom stereocenters. The zero-order valence-corrected chi connectivity index (χ0v) is 11.5. The highest BCUT2D eigenvalue weighted by Crippen LogP contribution is 2.20. The van der Waals surface area contributed by atoms with Crippen LogP contribution in [0, 0.1) is 0 Å². The lowest BCUT2D eigenvalue weighted by Crippen LogP contribution is -2.30. The van der Waals surface area contributed by atoms with E-state index in [4.69, 9.17) is 4.42 Å². The highest BCUT2D eigenvalue weighted by Gasteiger charge is 2.20. The number of benzene rings is 2. The van der Waals surface area contributed by atoms with Crippen molar-refractivity contribution in [3.63, 3.8) is 0 Å². The van der Waals surface area contributed by atoms with Crippen LogP contribution in [0.1, 0.15) is 16.1 Å². The van der Waals surface area contributed by atoms with Crippen molar-refractivity contribution in [2.24, 2.45) is 0 Å². The van der Waals surface area contributed by atoms with Gasteiger partial charge in [0.2, 0.25) is 0 Å². The summed E-state index contributed by atoms with van der Waals surface area (Å²) >= 11 is 0. The maximum Gasteiger partial charge on any atom is 0.294 e. The number of rotatable bonds is 4. The molecule has 1 aromatic heterocycles. The molecule has 0 fully saturated rings. The van der Waals surface area contributed by atoms with Crippen LogP contribution in [0.5, 0.6) is 0 Å². The van der Waals surface area contributed by atoms with Crippen molar-refractivity contribution >= 4 is 11.6 Å². The molecule has 2 aromatic carbocycles. The molecule has 21 heavy (non-hydrogen) atoms. The molecule has 0 N–H and O–H groups in total. The van der Waals surface area contributed by atoms with Crippen molar-refractivity contribution in [1.82, 2.24) is 0 Å². The molecule has 0 radical (unpaired) electrons. The molecular weight excluding hydrogens is 262 g/mol. The Morgan fingerprint density at radius 2 is 1.52 bits per heavy atom. The molecule has 0 saturated heterocycles. The number of carbonyl (C=O) groups is 1. The molecule has 0 atom stereocenters. The number of amides is 1. The first-order chi connectivity index (χ1) is 10.3. The van der Waals surface area contributed by atoms with Gasteiger partial charge in [0.05, 0.1) is 12.8 Å². The molecular formula is C18H15NO2. The Morgan fingerprint density at radius 3 is 2.14 bits per heavy atom. The molecule has 0 bridgehead atoms. The lowest BCUT2D eigenvalue weighted by atomic mass is 10.2. The normalized spacial score (nSPS) is 10.3. The largest absolute Gasteiger partial charge is 0.459 e. The van der Waals surface area contributed by atoms with E-state index < -0.39 is 0 Å². The van der Waals surface area contributed by atoms with E-state index in [2.05, 4.69) is 0 Å². The van der Waals surface area contributed by atoms with Crippen LogP contribution >= 0.6 is 0 Å². The standard InChI is InChI=1S/C18H15NO2/c20-18(17-12-7-13-21-17)19(16-10-5-2-6-11-16)14-15-8-3-1-4-9-15/h1-13H,14H2. The molecule has 1 heterocycles. The van der Waals surface area contributed by atoms with Crippen LogP contribution in [0.25, 0.3) is 0 Å². The first kappa shape index (κ1) is 13.2. The van der Waals surface area contributed by atoms with Crippen molar-refractivity contribution in [3.8, 4) is 0 Å². The van der Waals surface area contributed by atoms with E-state index in [-0.39, 0.29) is 5.91 Å². The highest BCUT2D eigenvalue weighted by molar-refractivity contribution is 6.04. The summed E-state index contributed by atoms with van der Waals surface area (Å²) in [6.07, 6.45) is 1.51. The molecule has 0 aliphatic rings. The predicted molar refractivity (Wildman–Crippen MR) is 82.1 cm³/mol. The number of para-hydroxylation sites is 1. The number of carbonyl (C=O) groups excluding carboxylic acids is 1. The van der Waals surface area contributed by atoms with Gasteiger partial charge >= 0.3 is 0 Å². The fourth-order valence-corrected chi connectivity index (χ4v) is 2.19. The van der Waals surface area contributed by atoms with Gasteiger partial charge in [0, 0.05) is 5.69 Å². The van der Waals surface area contributed by atoms with E-state index in [0.29, 0.717) is 12.3 Å². The van der Waals surface area contributed by atoms with E-state index >= 15 is 0 Å². The minimum absolute atomic E-state index is 0.143. The molecule has 0 saturated carbocycles. The molecule has 1 amide bonds. The van der Waals surface area contributed by atoms with Gasteiger partial charge in [0.15, 0.2) is 5.76 Å². The Kier molecular flexibility index (Phi) is 3.83. The van der Waals surface area contributed by atoms with Crippen molar-refractivity contribution in [2.45, 2.75) is 6.54 Å². The van der Waals surface area contributed by atoms with E-state index in [1.807, 2.05) is 60.7 Å². The van der Waals surface area contributed by atoms with Gasteiger partial charge in [0.1, 0.15) is 0 Å². The van der Waals surface area contributed by atoms with Crippen LogP contribution in [-0.2, 0) is 6.54 Å². The predicted octanol–water partition coefficient (Wildman–Crippen LogP) is 4.13. The Balaban J connectivity index is 1.93. The first-order valence-corrected chi connectivity index (χ1v) is 6.79. The van der Waals surface area contributed by atoms with Crippen molar-refractivity contribution in [2.75, 3.05) is 4.90 Å². The monoisotopic (exact) mass is 277 g/mol. The smallest absolute Gasteiger partial charge is 0.294 e. The molecule has 3 rings (SSSR count). The van der Waals surface area contributed by atoms with E-state index in [1.165, 1.54) is 6.26 Å². The summed E-state index contributed by atoms with van der Waals surface area (Å²) in [5.41, 5.74) is 1.92. The Bertz CT molecular complexity index is 691. The van der Waals surface area contributed by atoms with Gasteiger partial charge in [0.25, 0.3) is 5.91 Å². The number of hydrogen-bond acceptors (Lipinski definition) is 2. The maximum absolute atomic E-state index is 12.6. The van der Waals surface area contributed by atoms with E-state index in [0.717, 1.165) is 11.3 Å². The maximum atomic E-state index is 12.6. The summed E-state index contributed by atoms with van der Waals surface area (Å²) in [6.45, 7) is 0.504. The van der Waals surface area contributed by atoms with Gasteiger partial charge in [-0.15, -0.1) is 0 Å². The second-order valence-electron chi connectivity index (χ2n) is 4.69. The molecule has 0 aliphatic carbocycles. The molecule has 3 aromatic rings. The zero-order valence-electron chi connectivity index (χ0n) is 11.5. The molecule has 0 spiro atoms. The quantitative estimate of drug-likeness (QED) is 0.718. The van der Waals surface area contributed by atoms with Crippen LogP contribution in [0.4, 0.5) is 5.69 Å². The number of nitrogens with zero attached hydrogens (tertiary/aromatic N) is 1. The average Bonchev–Trinajstić information content (AvgIpc) is 3.08. The minimum atomic E-state index is -0.143. The fraction of sp³-hybridized carbons (Fsp3) is 0.0556. The van der Waals surface area contributed by atoms with Gasteiger partial charge < -0.3 is 9.32 Å². The number of furan rings is 1. The summed E-state index contributed by atoms with van der Waals surface area (Å²) < 4.78 is 5.24. The van der Waals surface area contributed by atoms with Crippen LogP contribution in [0.2, 0.25) is 0 Å². The topological polar surface area (TPSA) is 33.5 Å². The van der Waals surface area contributed by atoms with Gasteiger partial charge in [-0.1, -0.05) is 48.5 Å². The summed E-state index contributed by atoms with van der Waals surface area (Å²) in [7, 11) is 0. The SMILES string of the molecule is O=C(c1ccco1)N(Cc1ccccc1)c1ccccc1. The van der Waals surface area contributed by atoms with E-state index in [9.17, 15) is 4.79 Å². The third-order valence-corrected chi connectivity index (χ3v) is 3.23. The number of hydrogen-bond donors (Lipinski definition) is 0. The van der Waals surface area contributed by atoms with Crippen molar-refractivity contribution < 1.29 is 9.21 Å². The van der Waals surface area contributed by atoms with Gasteiger partial charge in [-0.2, -0.15) is 0 Å². The fourth-order valence-electron chi connectivity index (χ4n) is 2.19. The summed E-state index contributed by atoms with van der Waals surface area (Å²) in [5, 5.41) is 0. The molecule has 3 nitrogen and oxygen atoms in total. The van der Waals surface area contributed by atoms with E-state index in [1.54, 1.807) is 17.0 Å². The lowest BCUT2D eigenvalue weighted by molar-refractivity contribution is 0.0958. The van der Waals surface area contributed by atoms with Gasteiger partial charge in [-0.05, 0) is 29.8 Å². The van der Waals surface area contributed by atoms with Gasteiger partial charge in [-0.3, -0.25) is 4.79 Å². The second kappa shape index (κ2) is 6.09. The van der Waals surface area contributed by atoms with Crippen LogP contribution in [0.3, 0.4) is 0 Å². The Morgan fingerprint density at radius 1 is 0.857 bits per heavy atom. The molecule has 0 aliphatic heterocycles. The molecule has 104 valence electrons. The summed E-state index contributed by atoms with van der Waals surface area (Å²) in [5.74, 6) is 0.199. The zero-order chi connectivity index (χ0) is 14.5. The third-order valence-electron chi connectivity index (χ3n) is 3.23.